The number of imidazole rings is 1. The van der Waals surface area contributed by atoms with Gasteiger partial charge in [0.05, 0.1) is 17.4 Å². The third-order valence-electron chi connectivity index (χ3n) is 2.94. The third kappa shape index (κ3) is 3.08. The van der Waals surface area contributed by atoms with E-state index in [1.165, 1.54) is 0 Å². The SMILES string of the molecule is C=C(COc1ccc2ncn(C(C)C)c2c1)NCC. The summed E-state index contributed by atoms with van der Waals surface area (Å²) >= 11 is 0. The number of rotatable bonds is 6. The highest BCUT2D eigenvalue weighted by atomic mass is 16.5. The Kier molecular flexibility index (Phi) is 4.10. The molecule has 0 fully saturated rings. The Bertz CT molecular complexity index is 572. The van der Waals surface area contributed by atoms with Crippen molar-refractivity contribution in [3.8, 4) is 5.75 Å². The molecular weight excluding hydrogens is 238 g/mol. The van der Waals surface area contributed by atoms with Gasteiger partial charge in [-0.2, -0.15) is 0 Å². The van der Waals surface area contributed by atoms with Crippen LogP contribution in [0.25, 0.3) is 11.0 Å². The lowest BCUT2D eigenvalue weighted by Gasteiger charge is -2.11. The van der Waals surface area contributed by atoms with Crippen LogP contribution in [0.3, 0.4) is 0 Å². The number of hydrogen-bond acceptors (Lipinski definition) is 3. The second-order valence-corrected chi connectivity index (χ2v) is 4.82. The molecule has 0 spiro atoms. The van der Waals surface area contributed by atoms with Crippen molar-refractivity contribution in [2.75, 3.05) is 13.2 Å². The quantitative estimate of drug-likeness (QED) is 0.866. The molecule has 102 valence electrons. The Morgan fingerprint density at radius 3 is 2.95 bits per heavy atom. The molecule has 0 aliphatic carbocycles. The third-order valence-corrected chi connectivity index (χ3v) is 2.94. The van der Waals surface area contributed by atoms with E-state index in [2.05, 4.69) is 35.3 Å². The van der Waals surface area contributed by atoms with Gasteiger partial charge in [-0.05, 0) is 32.9 Å². The highest BCUT2D eigenvalue weighted by Crippen LogP contribution is 2.22. The maximum absolute atomic E-state index is 5.73. The van der Waals surface area contributed by atoms with E-state index in [1.807, 2.05) is 31.5 Å². The summed E-state index contributed by atoms with van der Waals surface area (Å²) in [6, 6.07) is 6.34. The fourth-order valence-corrected chi connectivity index (χ4v) is 1.98. The van der Waals surface area contributed by atoms with Crippen LogP contribution >= 0.6 is 0 Å². The fourth-order valence-electron chi connectivity index (χ4n) is 1.98. The number of ether oxygens (including phenoxy) is 1. The van der Waals surface area contributed by atoms with E-state index in [-0.39, 0.29) is 0 Å². The number of hydrogen-bond donors (Lipinski definition) is 1. The van der Waals surface area contributed by atoms with Crippen LogP contribution in [-0.4, -0.2) is 22.7 Å². The molecule has 1 aromatic heterocycles. The molecule has 2 aromatic rings. The maximum Gasteiger partial charge on any atom is 0.127 e. The molecule has 0 radical (unpaired) electrons. The Hall–Kier alpha value is -1.97. The smallest absolute Gasteiger partial charge is 0.127 e. The molecule has 0 unspecified atom stereocenters. The van der Waals surface area contributed by atoms with Crippen molar-refractivity contribution in [3.63, 3.8) is 0 Å². The van der Waals surface area contributed by atoms with Crippen LogP contribution in [0.4, 0.5) is 0 Å². The van der Waals surface area contributed by atoms with Crippen molar-refractivity contribution < 1.29 is 4.74 Å². The van der Waals surface area contributed by atoms with Crippen molar-refractivity contribution >= 4 is 11.0 Å². The molecule has 19 heavy (non-hydrogen) atoms. The van der Waals surface area contributed by atoms with Crippen LogP contribution in [0.15, 0.2) is 36.8 Å². The van der Waals surface area contributed by atoms with Gasteiger partial charge in [-0.15, -0.1) is 0 Å². The van der Waals surface area contributed by atoms with Crippen molar-refractivity contribution in [1.29, 1.82) is 0 Å². The minimum absolute atomic E-state index is 0.386. The van der Waals surface area contributed by atoms with Crippen LogP contribution in [0, 0.1) is 0 Å². The number of nitrogens with one attached hydrogen (secondary N) is 1. The largest absolute Gasteiger partial charge is 0.487 e. The van der Waals surface area contributed by atoms with E-state index < -0.39 is 0 Å². The average molecular weight is 259 g/mol. The zero-order valence-corrected chi connectivity index (χ0v) is 11.8. The molecule has 1 N–H and O–H groups in total. The van der Waals surface area contributed by atoms with Crippen LogP contribution in [0.5, 0.6) is 5.75 Å². The molecule has 0 atom stereocenters. The molecule has 4 nitrogen and oxygen atoms in total. The monoisotopic (exact) mass is 259 g/mol. The van der Waals surface area contributed by atoms with Crippen LogP contribution in [0.2, 0.25) is 0 Å². The minimum atomic E-state index is 0.386. The summed E-state index contributed by atoms with van der Waals surface area (Å²) in [5.74, 6) is 0.842. The average Bonchev–Trinajstić information content (AvgIpc) is 2.79. The van der Waals surface area contributed by atoms with Crippen molar-refractivity contribution in [3.05, 3.63) is 36.8 Å². The fraction of sp³-hybridized carbons (Fsp3) is 0.400. The predicted molar refractivity (Wildman–Crippen MR) is 78.4 cm³/mol. The first kappa shape index (κ1) is 13.5. The second kappa shape index (κ2) is 5.78. The minimum Gasteiger partial charge on any atom is -0.487 e. The van der Waals surface area contributed by atoms with Gasteiger partial charge in [-0.25, -0.2) is 4.98 Å². The van der Waals surface area contributed by atoms with E-state index in [0.29, 0.717) is 12.6 Å². The number of aromatic nitrogens is 2. The van der Waals surface area contributed by atoms with Crippen LogP contribution < -0.4 is 10.1 Å². The Morgan fingerprint density at radius 2 is 2.26 bits per heavy atom. The molecule has 4 heteroatoms. The first-order valence-electron chi connectivity index (χ1n) is 6.63. The van der Waals surface area contributed by atoms with Gasteiger partial charge in [0.1, 0.15) is 12.4 Å². The van der Waals surface area contributed by atoms with E-state index in [4.69, 9.17) is 4.74 Å². The maximum atomic E-state index is 5.73. The lowest BCUT2D eigenvalue weighted by molar-refractivity contribution is 0.344. The number of benzene rings is 1. The summed E-state index contributed by atoms with van der Waals surface area (Å²) in [5, 5.41) is 3.14. The normalized spacial score (nSPS) is 10.9. The van der Waals surface area contributed by atoms with Crippen LogP contribution in [-0.2, 0) is 0 Å². The summed E-state index contributed by atoms with van der Waals surface area (Å²) in [6.45, 7) is 11.6. The molecule has 1 aromatic carbocycles. The zero-order valence-electron chi connectivity index (χ0n) is 11.8. The van der Waals surface area contributed by atoms with Gasteiger partial charge in [0.25, 0.3) is 0 Å². The van der Waals surface area contributed by atoms with Crippen molar-refractivity contribution in [2.45, 2.75) is 26.8 Å². The van der Waals surface area contributed by atoms with Crippen LogP contribution in [0.1, 0.15) is 26.8 Å². The van der Waals surface area contributed by atoms with E-state index in [9.17, 15) is 0 Å². The molecular formula is C15H21N3O. The highest BCUT2D eigenvalue weighted by molar-refractivity contribution is 5.77. The van der Waals surface area contributed by atoms with Gasteiger partial charge in [0.15, 0.2) is 0 Å². The molecule has 0 saturated carbocycles. The van der Waals surface area contributed by atoms with Gasteiger partial charge >= 0.3 is 0 Å². The predicted octanol–water partition coefficient (Wildman–Crippen LogP) is 3.12. The summed E-state index contributed by atoms with van der Waals surface area (Å²) in [7, 11) is 0. The molecule has 1 heterocycles. The van der Waals surface area contributed by atoms with Gasteiger partial charge in [0.2, 0.25) is 0 Å². The van der Waals surface area contributed by atoms with Gasteiger partial charge < -0.3 is 14.6 Å². The van der Waals surface area contributed by atoms with E-state index in [1.54, 1.807) is 0 Å². The summed E-state index contributed by atoms with van der Waals surface area (Å²) < 4.78 is 7.87. The second-order valence-electron chi connectivity index (χ2n) is 4.82. The van der Waals surface area contributed by atoms with Gasteiger partial charge in [-0.3, -0.25) is 0 Å². The molecule has 0 bridgehead atoms. The number of nitrogens with zero attached hydrogens (tertiary/aromatic N) is 2. The lowest BCUT2D eigenvalue weighted by Crippen LogP contribution is -2.17. The Morgan fingerprint density at radius 1 is 1.47 bits per heavy atom. The van der Waals surface area contributed by atoms with Crippen molar-refractivity contribution in [2.24, 2.45) is 0 Å². The molecule has 0 saturated heterocycles. The lowest BCUT2D eigenvalue weighted by atomic mass is 10.2. The number of likely N-dealkylation sites (N-methyl/N-ethyl adjacent to an activating group) is 1. The molecule has 2 rings (SSSR count). The van der Waals surface area contributed by atoms with E-state index in [0.717, 1.165) is 29.0 Å². The standard InChI is InChI=1S/C15H21N3O/c1-5-16-12(4)9-19-13-6-7-14-15(8-13)18(10-17-14)11(2)3/h6-8,10-11,16H,4-5,9H2,1-3H3. The molecule has 0 amide bonds. The van der Waals surface area contributed by atoms with Gasteiger partial charge in [-0.1, -0.05) is 6.58 Å². The Labute approximate surface area is 114 Å². The first-order chi connectivity index (χ1) is 9.11. The summed E-state index contributed by atoms with van der Waals surface area (Å²) in [5.41, 5.74) is 2.98. The topological polar surface area (TPSA) is 39.1 Å². The zero-order chi connectivity index (χ0) is 13.8. The molecule has 0 aliphatic heterocycles. The molecule has 0 aliphatic rings. The summed E-state index contributed by atoms with van der Waals surface area (Å²) in [6.07, 6.45) is 1.87. The Balaban J connectivity index is 2.16. The summed E-state index contributed by atoms with van der Waals surface area (Å²) in [4.78, 5) is 4.38. The van der Waals surface area contributed by atoms with E-state index >= 15 is 0 Å². The first-order valence-corrected chi connectivity index (χ1v) is 6.63. The highest BCUT2D eigenvalue weighted by Gasteiger charge is 2.07. The number of fused-ring (bicyclic) bond motifs is 1. The van der Waals surface area contributed by atoms with Gasteiger partial charge in [0, 0.05) is 24.4 Å². The van der Waals surface area contributed by atoms with Crippen molar-refractivity contribution in [1.82, 2.24) is 14.9 Å².